The van der Waals surface area contributed by atoms with Gasteiger partial charge in [0.15, 0.2) is 11.5 Å². The number of fused-ring (bicyclic) bond motifs is 1. The van der Waals surface area contributed by atoms with Gasteiger partial charge in [-0.3, -0.25) is 4.79 Å². The molecule has 2 aromatic heterocycles. The molecule has 8 nitrogen and oxygen atoms in total. The fraction of sp³-hybridized carbons (Fsp3) is 0.316. The van der Waals surface area contributed by atoms with Crippen LogP contribution in [-0.4, -0.2) is 50.8 Å². The van der Waals surface area contributed by atoms with Gasteiger partial charge in [-0.1, -0.05) is 24.3 Å². The van der Waals surface area contributed by atoms with Crippen LogP contribution in [0.15, 0.2) is 42.5 Å². The molecule has 0 bridgehead atoms. The van der Waals surface area contributed by atoms with Crippen LogP contribution in [0.2, 0.25) is 0 Å². The number of anilines is 1. The first kappa shape index (κ1) is 18.0. The number of tetrazole rings is 1. The maximum atomic E-state index is 12.9. The Morgan fingerprint density at radius 3 is 2.96 bits per heavy atom. The standard InChI is InChI=1S/C19H20FN7O/c20-16-6-4-14(5-7-16)2-1-3-19(28)21-12-15-10-11-26(13-15)18-9-8-17-22-24-25-27(17)23-18/h1-2,4-9,15H,3,10-13H2,(H,21,28)/b2-1+. The number of halogens is 1. The smallest absolute Gasteiger partial charge is 0.223 e. The Bertz CT molecular complexity index is 985. The summed E-state index contributed by atoms with van der Waals surface area (Å²) in [5.74, 6) is 0.908. The van der Waals surface area contributed by atoms with Crippen LogP contribution in [0.1, 0.15) is 18.4 Å². The van der Waals surface area contributed by atoms with Gasteiger partial charge in [-0.25, -0.2) is 4.39 Å². The lowest BCUT2D eigenvalue weighted by molar-refractivity contribution is -0.120. The zero-order valence-corrected chi connectivity index (χ0v) is 15.2. The average molecular weight is 381 g/mol. The van der Waals surface area contributed by atoms with Gasteiger partial charge in [0.25, 0.3) is 0 Å². The van der Waals surface area contributed by atoms with E-state index < -0.39 is 0 Å². The average Bonchev–Trinajstić information content (AvgIpc) is 3.36. The molecule has 3 aromatic rings. The zero-order valence-electron chi connectivity index (χ0n) is 15.2. The number of nitrogens with one attached hydrogen (secondary N) is 1. The topological polar surface area (TPSA) is 88.3 Å². The molecule has 144 valence electrons. The van der Waals surface area contributed by atoms with Crippen molar-refractivity contribution in [2.75, 3.05) is 24.5 Å². The molecule has 1 amide bonds. The van der Waals surface area contributed by atoms with Gasteiger partial charge < -0.3 is 10.2 Å². The summed E-state index contributed by atoms with van der Waals surface area (Å²) in [5.41, 5.74) is 1.48. The van der Waals surface area contributed by atoms with E-state index in [0.29, 0.717) is 24.5 Å². The summed E-state index contributed by atoms with van der Waals surface area (Å²) in [5, 5.41) is 18.7. The highest BCUT2D eigenvalue weighted by Gasteiger charge is 2.24. The predicted molar refractivity (Wildman–Crippen MR) is 102 cm³/mol. The van der Waals surface area contributed by atoms with Crippen molar-refractivity contribution in [2.24, 2.45) is 5.92 Å². The molecule has 1 aromatic carbocycles. The molecule has 1 N–H and O–H groups in total. The van der Waals surface area contributed by atoms with Crippen molar-refractivity contribution in [1.82, 2.24) is 30.6 Å². The lowest BCUT2D eigenvalue weighted by Gasteiger charge is -2.17. The molecule has 3 heterocycles. The van der Waals surface area contributed by atoms with Crippen molar-refractivity contribution in [3.05, 3.63) is 53.9 Å². The summed E-state index contributed by atoms with van der Waals surface area (Å²) in [4.78, 5) is 14.2. The first-order valence-electron chi connectivity index (χ1n) is 9.16. The van der Waals surface area contributed by atoms with E-state index in [4.69, 9.17) is 0 Å². The second-order valence-electron chi connectivity index (χ2n) is 6.78. The zero-order chi connectivity index (χ0) is 19.3. The molecule has 0 radical (unpaired) electrons. The number of carbonyl (C=O) groups excluding carboxylic acids is 1. The molecular weight excluding hydrogens is 361 g/mol. The first-order chi connectivity index (χ1) is 13.7. The van der Waals surface area contributed by atoms with E-state index in [2.05, 4.69) is 30.8 Å². The van der Waals surface area contributed by atoms with E-state index >= 15 is 0 Å². The van der Waals surface area contributed by atoms with E-state index in [0.717, 1.165) is 30.9 Å². The van der Waals surface area contributed by atoms with Crippen LogP contribution in [0.3, 0.4) is 0 Å². The number of hydrogen-bond donors (Lipinski definition) is 1. The third kappa shape index (κ3) is 4.30. The van der Waals surface area contributed by atoms with Crippen molar-refractivity contribution >= 4 is 23.4 Å². The van der Waals surface area contributed by atoms with Gasteiger partial charge in [0.05, 0.1) is 0 Å². The van der Waals surface area contributed by atoms with Crippen LogP contribution < -0.4 is 10.2 Å². The normalized spacial score (nSPS) is 16.9. The Hall–Kier alpha value is -3.36. The van der Waals surface area contributed by atoms with Crippen LogP contribution >= 0.6 is 0 Å². The van der Waals surface area contributed by atoms with E-state index in [1.165, 1.54) is 16.8 Å². The van der Waals surface area contributed by atoms with Crippen LogP contribution in [0, 0.1) is 11.7 Å². The summed E-state index contributed by atoms with van der Waals surface area (Å²) in [6, 6.07) is 9.90. The minimum atomic E-state index is -0.270. The highest BCUT2D eigenvalue weighted by Crippen LogP contribution is 2.21. The van der Waals surface area contributed by atoms with Crippen molar-refractivity contribution < 1.29 is 9.18 Å². The largest absolute Gasteiger partial charge is 0.355 e. The van der Waals surface area contributed by atoms with Gasteiger partial charge in [0.2, 0.25) is 5.91 Å². The summed E-state index contributed by atoms with van der Waals surface area (Å²) in [6.45, 7) is 2.34. The SMILES string of the molecule is O=C(C/C=C/c1ccc(F)cc1)NCC1CCN(c2ccc3nnnn3n2)C1. The Morgan fingerprint density at radius 2 is 2.11 bits per heavy atom. The molecule has 0 spiro atoms. The molecule has 28 heavy (non-hydrogen) atoms. The highest BCUT2D eigenvalue weighted by molar-refractivity contribution is 5.78. The van der Waals surface area contributed by atoms with Crippen molar-refractivity contribution in [2.45, 2.75) is 12.8 Å². The lowest BCUT2D eigenvalue weighted by Crippen LogP contribution is -2.30. The molecule has 1 atom stereocenters. The quantitative estimate of drug-likeness (QED) is 0.699. The van der Waals surface area contributed by atoms with Crippen molar-refractivity contribution in [3.8, 4) is 0 Å². The molecule has 1 fully saturated rings. The Morgan fingerprint density at radius 1 is 1.25 bits per heavy atom. The summed E-state index contributed by atoms with van der Waals surface area (Å²) >= 11 is 0. The first-order valence-corrected chi connectivity index (χ1v) is 9.16. The minimum Gasteiger partial charge on any atom is -0.355 e. The van der Waals surface area contributed by atoms with Gasteiger partial charge in [-0.2, -0.15) is 0 Å². The number of rotatable bonds is 6. The fourth-order valence-electron chi connectivity index (χ4n) is 3.22. The van der Waals surface area contributed by atoms with E-state index in [-0.39, 0.29) is 11.7 Å². The molecule has 0 aliphatic carbocycles. The fourth-order valence-corrected chi connectivity index (χ4v) is 3.22. The van der Waals surface area contributed by atoms with E-state index in [1.54, 1.807) is 18.2 Å². The molecule has 4 rings (SSSR count). The lowest BCUT2D eigenvalue weighted by atomic mass is 10.1. The minimum absolute atomic E-state index is 0.0231. The summed E-state index contributed by atoms with van der Waals surface area (Å²) in [6.07, 6.45) is 4.89. The van der Waals surface area contributed by atoms with Crippen molar-refractivity contribution in [1.29, 1.82) is 0 Å². The second-order valence-corrected chi connectivity index (χ2v) is 6.78. The highest BCUT2D eigenvalue weighted by atomic mass is 19.1. The van der Waals surface area contributed by atoms with Gasteiger partial charge in [0, 0.05) is 26.1 Å². The molecule has 1 aliphatic heterocycles. The van der Waals surface area contributed by atoms with Crippen LogP contribution in [0.25, 0.3) is 11.7 Å². The predicted octanol–water partition coefficient (Wildman–Crippen LogP) is 1.70. The number of hydrogen-bond acceptors (Lipinski definition) is 6. The van der Waals surface area contributed by atoms with Crippen LogP contribution in [-0.2, 0) is 4.79 Å². The maximum Gasteiger partial charge on any atom is 0.223 e. The number of aromatic nitrogens is 5. The maximum absolute atomic E-state index is 12.9. The third-order valence-corrected chi connectivity index (χ3v) is 4.74. The molecular formula is C19H20FN7O. The Kier molecular flexibility index (Phi) is 5.22. The number of benzene rings is 1. The Labute approximate surface area is 161 Å². The van der Waals surface area contributed by atoms with Gasteiger partial charge in [-0.15, -0.1) is 14.8 Å². The van der Waals surface area contributed by atoms with Crippen molar-refractivity contribution in [3.63, 3.8) is 0 Å². The summed E-state index contributed by atoms with van der Waals surface area (Å²) < 4.78 is 14.3. The Balaban J connectivity index is 1.23. The van der Waals surface area contributed by atoms with Gasteiger partial charge in [-0.05, 0) is 52.6 Å². The van der Waals surface area contributed by atoms with Gasteiger partial charge >= 0.3 is 0 Å². The van der Waals surface area contributed by atoms with E-state index in [1.807, 2.05) is 18.2 Å². The van der Waals surface area contributed by atoms with Crippen LogP contribution in [0.5, 0.6) is 0 Å². The summed E-state index contributed by atoms with van der Waals surface area (Å²) in [7, 11) is 0. The monoisotopic (exact) mass is 381 g/mol. The third-order valence-electron chi connectivity index (χ3n) is 4.74. The number of amides is 1. The molecule has 1 unspecified atom stereocenters. The van der Waals surface area contributed by atoms with Gasteiger partial charge in [0.1, 0.15) is 5.82 Å². The molecule has 1 aliphatic rings. The molecule has 0 saturated carbocycles. The second kappa shape index (κ2) is 8.12. The molecule has 9 heteroatoms. The number of nitrogens with zero attached hydrogens (tertiary/aromatic N) is 6. The number of carbonyl (C=O) groups is 1. The van der Waals surface area contributed by atoms with E-state index in [9.17, 15) is 9.18 Å². The molecule has 1 saturated heterocycles. The van der Waals surface area contributed by atoms with Crippen LogP contribution in [0.4, 0.5) is 10.2 Å².